The molecule has 0 aliphatic carbocycles. The van der Waals surface area contributed by atoms with Crippen LogP contribution in [0.5, 0.6) is 17.2 Å². The third-order valence-corrected chi connectivity index (χ3v) is 5.53. The minimum Gasteiger partial charge on any atom is -0.493 e. The van der Waals surface area contributed by atoms with E-state index in [-0.39, 0.29) is 16.9 Å². The van der Waals surface area contributed by atoms with Crippen LogP contribution in [-0.2, 0) is 11.2 Å². The van der Waals surface area contributed by atoms with Gasteiger partial charge in [-0.2, -0.15) is 0 Å². The second kappa shape index (κ2) is 11.7. The summed E-state index contributed by atoms with van der Waals surface area (Å²) in [4.78, 5) is 37.2. The van der Waals surface area contributed by atoms with Gasteiger partial charge in [0.05, 0.1) is 14.2 Å². The van der Waals surface area contributed by atoms with E-state index in [2.05, 4.69) is 5.32 Å². The van der Waals surface area contributed by atoms with Crippen molar-refractivity contribution in [2.45, 2.75) is 6.42 Å². The van der Waals surface area contributed by atoms with Gasteiger partial charge in [-0.15, -0.1) is 0 Å². The summed E-state index contributed by atoms with van der Waals surface area (Å²) in [6.45, 7) is 0.381. The van der Waals surface area contributed by atoms with Crippen LogP contribution in [0.2, 0.25) is 0 Å². The largest absolute Gasteiger partial charge is 0.493 e. The molecule has 1 aromatic heterocycles. The topological polar surface area (TPSA) is 104 Å². The molecule has 0 saturated heterocycles. The molecule has 1 amide bonds. The molecular formula is C29H25NO7. The highest BCUT2D eigenvalue weighted by Gasteiger charge is 2.14. The lowest BCUT2D eigenvalue weighted by atomic mass is 10.1. The molecule has 4 rings (SSSR count). The van der Waals surface area contributed by atoms with Gasteiger partial charge in [-0.3, -0.25) is 4.79 Å². The summed E-state index contributed by atoms with van der Waals surface area (Å²) in [5, 5.41) is 3.26. The first kappa shape index (κ1) is 25.2. The van der Waals surface area contributed by atoms with E-state index in [4.69, 9.17) is 18.6 Å². The molecule has 0 aliphatic rings. The molecule has 0 atom stereocenters. The number of amides is 1. The number of ether oxygens (including phenoxy) is 3. The van der Waals surface area contributed by atoms with Crippen molar-refractivity contribution in [3.05, 3.63) is 106 Å². The fourth-order valence-electron chi connectivity index (χ4n) is 3.64. The zero-order valence-corrected chi connectivity index (χ0v) is 20.4. The Kier molecular flexibility index (Phi) is 8.00. The van der Waals surface area contributed by atoms with Crippen molar-refractivity contribution in [3.63, 3.8) is 0 Å². The molecule has 0 saturated carbocycles. The van der Waals surface area contributed by atoms with Crippen LogP contribution in [0, 0.1) is 0 Å². The molecule has 0 unspecified atom stereocenters. The fourth-order valence-corrected chi connectivity index (χ4v) is 3.64. The highest BCUT2D eigenvalue weighted by molar-refractivity contribution is 5.97. The van der Waals surface area contributed by atoms with Crippen molar-refractivity contribution in [3.8, 4) is 17.2 Å². The zero-order valence-electron chi connectivity index (χ0n) is 20.4. The Labute approximate surface area is 213 Å². The summed E-state index contributed by atoms with van der Waals surface area (Å²) in [5.41, 5.74) is 1.12. The number of fused-ring (bicyclic) bond motifs is 1. The second-order valence-electron chi connectivity index (χ2n) is 8.01. The minimum atomic E-state index is -0.776. The number of carbonyl (C=O) groups excluding carboxylic acids is 2. The van der Waals surface area contributed by atoms with E-state index in [0.717, 1.165) is 5.56 Å². The number of hydrogen-bond donors (Lipinski definition) is 1. The molecule has 0 radical (unpaired) electrons. The van der Waals surface area contributed by atoms with Crippen molar-refractivity contribution >= 4 is 28.9 Å². The number of rotatable bonds is 9. The SMILES string of the molecule is COc1ccc(/C=C/C(=O)Oc2ccc3cc(C(=O)NCCc4ccccc4)c(=O)oc3c2)cc1OC. The molecule has 1 heterocycles. The van der Waals surface area contributed by atoms with E-state index in [1.165, 1.54) is 25.3 Å². The maximum absolute atomic E-state index is 12.5. The Bertz CT molecular complexity index is 1510. The third kappa shape index (κ3) is 6.43. The highest BCUT2D eigenvalue weighted by Crippen LogP contribution is 2.28. The maximum Gasteiger partial charge on any atom is 0.349 e. The molecule has 1 N–H and O–H groups in total. The number of methoxy groups -OCH3 is 2. The molecule has 0 bridgehead atoms. The summed E-state index contributed by atoms with van der Waals surface area (Å²) < 4.78 is 21.1. The molecular weight excluding hydrogens is 474 g/mol. The molecule has 0 fully saturated rings. The smallest absolute Gasteiger partial charge is 0.349 e. The Balaban J connectivity index is 1.41. The Morgan fingerprint density at radius 3 is 2.46 bits per heavy atom. The van der Waals surface area contributed by atoms with Gasteiger partial charge in [-0.05, 0) is 54.0 Å². The van der Waals surface area contributed by atoms with Crippen molar-refractivity contribution in [2.24, 2.45) is 0 Å². The summed E-state index contributed by atoms with van der Waals surface area (Å²) >= 11 is 0. The molecule has 37 heavy (non-hydrogen) atoms. The number of esters is 1. The van der Waals surface area contributed by atoms with Gasteiger partial charge in [0.25, 0.3) is 5.91 Å². The van der Waals surface area contributed by atoms with Crippen molar-refractivity contribution < 1.29 is 28.2 Å². The van der Waals surface area contributed by atoms with E-state index < -0.39 is 17.5 Å². The molecule has 8 nitrogen and oxygen atoms in total. The van der Waals surface area contributed by atoms with Crippen LogP contribution in [0.4, 0.5) is 0 Å². The monoisotopic (exact) mass is 499 g/mol. The van der Waals surface area contributed by atoms with E-state index in [1.807, 2.05) is 30.3 Å². The Hall–Kier alpha value is -4.85. The van der Waals surface area contributed by atoms with Crippen LogP contribution >= 0.6 is 0 Å². The molecule has 8 heteroatoms. The van der Waals surface area contributed by atoms with Gasteiger partial charge in [-0.25, -0.2) is 9.59 Å². The number of hydrogen-bond acceptors (Lipinski definition) is 7. The molecule has 188 valence electrons. The molecule has 4 aromatic rings. The van der Waals surface area contributed by atoms with Gasteiger partial charge < -0.3 is 23.9 Å². The van der Waals surface area contributed by atoms with E-state index in [9.17, 15) is 14.4 Å². The number of benzene rings is 3. The molecule has 3 aromatic carbocycles. The van der Waals surface area contributed by atoms with Gasteiger partial charge in [0.1, 0.15) is 16.9 Å². The average Bonchev–Trinajstić information content (AvgIpc) is 2.91. The second-order valence-corrected chi connectivity index (χ2v) is 8.01. The van der Waals surface area contributed by atoms with Crippen LogP contribution in [0.15, 0.2) is 88.1 Å². The Morgan fingerprint density at radius 1 is 0.919 bits per heavy atom. The predicted octanol–water partition coefficient (Wildman–Crippen LogP) is 4.40. The standard InChI is InChI=1S/C29H25NO7/c1-34-24-12-8-20(16-26(24)35-2)9-13-27(31)36-22-11-10-21-17-23(29(33)37-25(21)18-22)28(32)30-15-14-19-6-4-3-5-7-19/h3-13,16-18H,14-15H2,1-2H3,(H,30,32)/b13-9+. The number of carbonyl (C=O) groups is 2. The van der Waals surface area contributed by atoms with Crippen LogP contribution in [0.3, 0.4) is 0 Å². The van der Waals surface area contributed by atoms with Gasteiger partial charge in [0.2, 0.25) is 0 Å². The normalized spacial score (nSPS) is 10.9. The van der Waals surface area contributed by atoms with Crippen molar-refractivity contribution in [2.75, 3.05) is 20.8 Å². The minimum absolute atomic E-state index is 0.0943. The molecule has 0 spiro atoms. The first-order valence-electron chi connectivity index (χ1n) is 11.5. The van der Waals surface area contributed by atoms with Crippen LogP contribution in [0.25, 0.3) is 17.0 Å². The van der Waals surface area contributed by atoms with E-state index >= 15 is 0 Å². The van der Waals surface area contributed by atoms with E-state index in [1.54, 1.807) is 43.5 Å². The lowest BCUT2D eigenvalue weighted by Crippen LogP contribution is -2.29. The highest BCUT2D eigenvalue weighted by atomic mass is 16.5. The average molecular weight is 500 g/mol. The fraction of sp³-hybridized carbons (Fsp3) is 0.138. The van der Waals surface area contributed by atoms with Crippen LogP contribution in [-0.4, -0.2) is 32.6 Å². The lowest BCUT2D eigenvalue weighted by molar-refractivity contribution is -0.128. The lowest BCUT2D eigenvalue weighted by Gasteiger charge is -2.07. The van der Waals surface area contributed by atoms with Gasteiger partial charge >= 0.3 is 11.6 Å². The van der Waals surface area contributed by atoms with Gasteiger partial charge in [-0.1, -0.05) is 36.4 Å². The van der Waals surface area contributed by atoms with E-state index in [0.29, 0.717) is 35.4 Å². The predicted molar refractivity (Wildman–Crippen MR) is 139 cm³/mol. The summed E-state index contributed by atoms with van der Waals surface area (Å²) in [5.74, 6) is 0.172. The van der Waals surface area contributed by atoms with Crippen molar-refractivity contribution in [1.82, 2.24) is 5.32 Å². The maximum atomic E-state index is 12.5. The first-order chi connectivity index (χ1) is 18.0. The number of nitrogens with one attached hydrogen (secondary N) is 1. The Morgan fingerprint density at radius 2 is 1.70 bits per heavy atom. The quantitative estimate of drug-likeness (QED) is 0.158. The summed E-state index contributed by atoms with van der Waals surface area (Å²) in [6.07, 6.45) is 3.49. The summed E-state index contributed by atoms with van der Waals surface area (Å²) in [6, 6.07) is 21.0. The summed E-state index contributed by atoms with van der Waals surface area (Å²) in [7, 11) is 3.07. The van der Waals surface area contributed by atoms with Crippen LogP contribution in [0.1, 0.15) is 21.5 Å². The van der Waals surface area contributed by atoms with Gasteiger partial charge in [0, 0.05) is 24.1 Å². The first-order valence-corrected chi connectivity index (χ1v) is 11.5. The van der Waals surface area contributed by atoms with Gasteiger partial charge in [0.15, 0.2) is 11.5 Å². The zero-order chi connectivity index (χ0) is 26.2. The third-order valence-electron chi connectivity index (χ3n) is 5.53. The van der Waals surface area contributed by atoms with Crippen LogP contribution < -0.4 is 25.2 Å². The molecule has 0 aliphatic heterocycles. The van der Waals surface area contributed by atoms with Crippen molar-refractivity contribution in [1.29, 1.82) is 0 Å².